The van der Waals surface area contributed by atoms with E-state index in [1.165, 1.54) is 24.4 Å². The SMILES string of the molecule is CN(C(=O)c1coc2c1C(=O)NCC(C)(C)C2)c1cnc(Cl)c(F)c1. The molecule has 0 radical (unpaired) electrons. The van der Waals surface area contributed by atoms with Crippen LogP contribution in [-0.4, -0.2) is 30.4 Å². The lowest BCUT2D eigenvalue weighted by Crippen LogP contribution is -2.33. The summed E-state index contributed by atoms with van der Waals surface area (Å²) in [6, 6.07) is 1.11. The van der Waals surface area contributed by atoms with Gasteiger partial charge in [-0.1, -0.05) is 25.4 Å². The molecule has 0 aromatic carbocycles. The molecule has 0 bridgehead atoms. The summed E-state index contributed by atoms with van der Waals surface area (Å²) >= 11 is 5.57. The molecule has 0 atom stereocenters. The molecule has 0 fully saturated rings. The number of nitrogens with zero attached hydrogens (tertiary/aromatic N) is 2. The average Bonchev–Trinajstić information content (AvgIpc) is 2.92. The number of amides is 2. The van der Waals surface area contributed by atoms with E-state index < -0.39 is 11.7 Å². The van der Waals surface area contributed by atoms with Crippen LogP contribution < -0.4 is 10.2 Å². The zero-order chi connectivity index (χ0) is 18.4. The number of furan rings is 1. The maximum absolute atomic E-state index is 13.6. The number of aromatic nitrogens is 1. The predicted octanol–water partition coefficient (Wildman–Crippen LogP) is 3.06. The van der Waals surface area contributed by atoms with Gasteiger partial charge in [0, 0.05) is 26.1 Å². The van der Waals surface area contributed by atoms with Gasteiger partial charge in [0.2, 0.25) is 0 Å². The molecule has 0 saturated heterocycles. The minimum absolute atomic E-state index is 0.128. The Morgan fingerprint density at radius 3 is 2.88 bits per heavy atom. The monoisotopic (exact) mass is 365 g/mol. The maximum Gasteiger partial charge on any atom is 0.262 e. The van der Waals surface area contributed by atoms with Crippen molar-refractivity contribution >= 4 is 29.1 Å². The summed E-state index contributed by atoms with van der Waals surface area (Å²) in [6.07, 6.45) is 3.07. The quantitative estimate of drug-likeness (QED) is 0.830. The van der Waals surface area contributed by atoms with Gasteiger partial charge in [0.1, 0.15) is 12.0 Å². The standard InChI is InChI=1S/C17H17ClFN3O3/c1-17(2)5-12-13(15(23)21-8-17)10(7-25-12)16(24)22(3)9-4-11(19)14(18)20-6-9/h4,6-7H,5,8H2,1-3H3,(H,21,23). The molecule has 2 amide bonds. The zero-order valence-corrected chi connectivity index (χ0v) is 14.8. The maximum atomic E-state index is 13.6. The minimum Gasteiger partial charge on any atom is -0.468 e. The van der Waals surface area contributed by atoms with Crippen LogP contribution in [0.2, 0.25) is 5.15 Å². The van der Waals surface area contributed by atoms with Crippen molar-refractivity contribution in [2.75, 3.05) is 18.5 Å². The third kappa shape index (κ3) is 3.24. The normalized spacial score (nSPS) is 16.0. The second kappa shape index (κ2) is 6.15. The number of hydrogen-bond acceptors (Lipinski definition) is 4. The molecule has 1 aliphatic heterocycles. The molecule has 2 aromatic heterocycles. The molecule has 0 unspecified atom stereocenters. The van der Waals surface area contributed by atoms with Gasteiger partial charge in [-0.2, -0.15) is 0 Å². The number of anilines is 1. The summed E-state index contributed by atoms with van der Waals surface area (Å²) in [6.45, 7) is 4.48. The number of fused-ring (bicyclic) bond motifs is 1. The van der Waals surface area contributed by atoms with Crippen LogP contribution in [0.25, 0.3) is 0 Å². The third-order valence-corrected chi connectivity index (χ3v) is 4.44. The molecule has 8 heteroatoms. The molecule has 132 valence electrons. The molecule has 3 heterocycles. The Balaban J connectivity index is 1.97. The van der Waals surface area contributed by atoms with Crippen LogP contribution in [0.5, 0.6) is 0 Å². The van der Waals surface area contributed by atoms with E-state index in [0.717, 1.165) is 6.07 Å². The van der Waals surface area contributed by atoms with Crippen LogP contribution in [0.4, 0.5) is 10.1 Å². The van der Waals surface area contributed by atoms with Gasteiger partial charge in [-0.05, 0) is 5.41 Å². The van der Waals surface area contributed by atoms with Gasteiger partial charge in [-0.25, -0.2) is 9.37 Å². The Labute approximate surface area is 149 Å². The highest BCUT2D eigenvalue weighted by molar-refractivity contribution is 6.29. The first kappa shape index (κ1) is 17.4. The number of nitrogens with one attached hydrogen (secondary N) is 1. The van der Waals surface area contributed by atoms with Gasteiger partial charge in [0.15, 0.2) is 11.0 Å². The van der Waals surface area contributed by atoms with E-state index in [1.807, 2.05) is 13.8 Å². The highest BCUT2D eigenvalue weighted by Gasteiger charge is 2.34. The second-order valence-corrected chi connectivity index (χ2v) is 7.16. The van der Waals surface area contributed by atoms with Gasteiger partial charge >= 0.3 is 0 Å². The molecular formula is C17H17ClFN3O3. The predicted molar refractivity (Wildman–Crippen MR) is 90.5 cm³/mol. The van der Waals surface area contributed by atoms with Gasteiger partial charge in [-0.3, -0.25) is 9.59 Å². The van der Waals surface area contributed by atoms with Gasteiger partial charge in [-0.15, -0.1) is 0 Å². The largest absolute Gasteiger partial charge is 0.468 e. The fraction of sp³-hybridized carbons (Fsp3) is 0.353. The van der Waals surface area contributed by atoms with E-state index in [4.69, 9.17) is 16.0 Å². The van der Waals surface area contributed by atoms with Gasteiger partial charge in [0.05, 0.1) is 23.0 Å². The van der Waals surface area contributed by atoms with Crippen molar-refractivity contribution in [2.45, 2.75) is 20.3 Å². The van der Waals surface area contributed by atoms with Crippen LogP contribution in [0, 0.1) is 11.2 Å². The summed E-state index contributed by atoms with van der Waals surface area (Å²) in [5, 5.41) is 2.53. The second-order valence-electron chi connectivity index (χ2n) is 6.80. The third-order valence-electron chi connectivity index (χ3n) is 4.17. The molecule has 25 heavy (non-hydrogen) atoms. The molecule has 0 aliphatic carbocycles. The Morgan fingerprint density at radius 2 is 2.20 bits per heavy atom. The summed E-state index contributed by atoms with van der Waals surface area (Å²) in [5.41, 5.74) is 0.387. The number of rotatable bonds is 2. The molecule has 0 saturated carbocycles. The van der Waals surface area contributed by atoms with Gasteiger partial charge in [0.25, 0.3) is 11.8 Å². The van der Waals surface area contributed by atoms with Crippen LogP contribution in [0.3, 0.4) is 0 Å². The number of carbonyl (C=O) groups excluding carboxylic acids is 2. The van der Waals surface area contributed by atoms with E-state index in [-0.39, 0.29) is 33.3 Å². The first-order valence-electron chi connectivity index (χ1n) is 7.67. The molecule has 2 aromatic rings. The molecule has 3 rings (SSSR count). The van der Waals surface area contributed by atoms with E-state index in [0.29, 0.717) is 18.7 Å². The number of carbonyl (C=O) groups is 2. The highest BCUT2D eigenvalue weighted by Crippen LogP contribution is 2.30. The van der Waals surface area contributed by atoms with Crippen molar-refractivity contribution in [3.05, 3.63) is 46.4 Å². The van der Waals surface area contributed by atoms with Crippen LogP contribution >= 0.6 is 11.6 Å². The summed E-state index contributed by atoms with van der Waals surface area (Å²) in [7, 11) is 1.46. The molecular weight excluding hydrogens is 349 g/mol. The molecule has 1 aliphatic rings. The van der Waals surface area contributed by atoms with Crippen LogP contribution in [0.15, 0.2) is 22.9 Å². The van der Waals surface area contributed by atoms with Gasteiger partial charge < -0.3 is 14.6 Å². The Kier molecular flexibility index (Phi) is 4.28. The average molecular weight is 366 g/mol. The lowest BCUT2D eigenvalue weighted by molar-refractivity contribution is 0.0929. The van der Waals surface area contributed by atoms with Crippen LogP contribution in [-0.2, 0) is 6.42 Å². The Bertz CT molecular complexity index is 863. The fourth-order valence-corrected chi connectivity index (χ4v) is 2.84. The fourth-order valence-electron chi connectivity index (χ4n) is 2.73. The van der Waals surface area contributed by atoms with Crippen molar-refractivity contribution in [3.8, 4) is 0 Å². The first-order valence-corrected chi connectivity index (χ1v) is 8.05. The lowest BCUT2D eigenvalue weighted by Gasteiger charge is -2.20. The van der Waals surface area contributed by atoms with E-state index in [2.05, 4.69) is 10.3 Å². The number of halogens is 2. The Morgan fingerprint density at radius 1 is 1.48 bits per heavy atom. The number of hydrogen-bond donors (Lipinski definition) is 1. The van der Waals surface area contributed by atoms with Crippen molar-refractivity contribution in [3.63, 3.8) is 0 Å². The topological polar surface area (TPSA) is 75.4 Å². The molecule has 1 N–H and O–H groups in total. The van der Waals surface area contributed by atoms with E-state index in [9.17, 15) is 14.0 Å². The summed E-state index contributed by atoms with van der Waals surface area (Å²) < 4.78 is 19.1. The van der Waals surface area contributed by atoms with Crippen LogP contribution in [0.1, 0.15) is 40.3 Å². The smallest absolute Gasteiger partial charge is 0.262 e. The summed E-state index contributed by atoms with van der Waals surface area (Å²) in [4.78, 5) is 30.1. The lowest BCUT2D eigenvalue weighted by atomic mass is 9.88. The van der Waals surface area contributed by atoms with Crippen molar-refractivity contribution in [2.24, 2.45) is 5.41 Å². The minimum atomic E-state index is -0.732. The van der Waals surface area contributed by atoms with Crippen molar-refractivity contribution in [1.29, 1.82) is 0 Å². The van der Waals surface area contributed by atoms with E-state index >= 15 is 0 Å². The molecule has 0 spiro atoms. The molecule has 6 nitrogen and oxygen atoms in total. The Hall–Kier alpha value is -2.41. The van der Waals surface area contributed by atoms with E-state index in [1.54, 1.807) is 0 Å². The van der Waals surface area contributed by atoms with Crippen molar-refractivity contribution < 1.29 is 18.4 Å². The zero-order valence-electron chi connectivity index (χ0n) is 14.0. The van der Waals surface area contributed by atoms with Crippen molar-refractivity contribution in [1.82, 2.24) is 10.3 Å². The number of pyridine rings is 1. The first-order chi connectivity index (χ1) is 11.7. The summed E-state index contributed by atoms with van der Waals surface area (Å²) in [5.74, 6) is -1.11. The highest BCUT2D eigenvalue weighted by atomic mass is 35.5.